The van der Waals surface area contributed by atoms with Gasteiger partial charge in [0.15, 0.2) is 0 Å². The Morgan fingerprint density at radius 1 is 1.27 bits per heavy atom. The zero-order valence-electron chi connectivity index (χ0n) is 15.4. The first-order valence-corrected chi connectivity index (χ1v) is 8.15. The molecule has 0 radical (unpaired) electrons. The average Bonchev–Trinajstić information content (AvgIpc) is 2.55. The summed E-state index contributed by atoms with van der Waals surface area (Å²) in [5.41, 5.74) is 2.32. The Morgan fingerprint density at radius 2 is 1.85 bits per heavy atom. The molecule has 26 heavy (non-hydrogen) atoms. The highest BCUT2D eigenvalue weighted by Gasteiger charge is 2.35. The Bertz CT molecular complexity index is 739. The van der Waals surface area contributed by atoms with Crippen LogP contribution in [0, 0.1) is 13.8 Å². The summed E-state index contributed by atoms with van der Waals surface area (Å²) in [4.78, 5) is 26.0. The number of rotatable bonds is 5. The largest absolute Gasteiger partial charge is 0.463 e. The number of nitrogens with one attached hydrogen (secondary N) is 1. The van der Waals surface area contributed by atoms with E-state index in [1.165, 1.54) is 4.90 Å². The van der Waals surface area contributed by atoms with Gasteiger partial charge in [0.25, 0.3) is 0 Å². The van der Waals surface area contributed by atoms with Crippen LogP contribution in [0.1, 0.15) is 36.6 Å². The number of urea groups is 1. The highest BCUT2D eigenvalue weighted by Crippen LogP contribution is 2.35. The summed E-state index contributed by atoms with van der Waals surface area (Å²) in [7, 11) is 1.55. The second kappa shape index (κ2) is 7.72. The minimum atomic E-state index is -2.93. The lowest BCUT2D eigenvalue weighted by Gasteiger charge is -2.33. The Labute approximate surface area is 150 Å². The highest BCUT2D eigenvalue weighted by atomic mass is 19.3. The second-order valence-electron chi connectivity index (χ2n) is 6.02. The third-order valence-corrected chi connectivity index (χ3v) is 4.27. The Balaban J connectivity index is 2.54. The van der Waals surface area contributed by atoms with Gasteiger partial charge in [-0.1, -0.05) is 0 Å². The van der Waals surface area contributed by atoms with Crippen LogP contribution >= 0.6 is 0 Å². The lowest BCUT2D eigenvalue weighted by molar-refractivity contribution is -0.139. The third kappa shape index (κ3) is 3.79. The molecule has 0 spiro atoms. The molecule has 1 aromatic carbocycles. The van der Waals surface area contributed by atoms with E-state index in [1.807, 2.05) is 0 Å². The minimum absolute atomic E-state index is 0.0846. The van der Waals surface area contributed by atoms with Crippen LogP contribution in [0.3, 0.4) is 0 Å². The summed E-state index contributed by atoms with van der Waals surface area (Å²) in [5.74, 6) is -0.452. The fourth-order valence-corrected chi connectivity index (χ4v) is 2.98. The van der Waals surface area contributed by atoms with Gasteiger partial charge in [-0.3, -0.25) is 0 Å². The molecule has 0 unspecified atom stereocenters. The molecule has 0 saturated heterocycles. The van der Waals surface area contributed by atoms with Gasteiger partial charge >= 0.3 is 18.6 Å². The van der Waals surface area contributed by atoms with Crippen molar-refractivity contribution in [1.29, 1.82) is 0 Å². The number of hydrogen-bond acceptors (Lipinski definition) is 4. The number of carbonyl (C=O) groups excluding carboxylic acids is 2. The standard InChI is InChI=1S/C18H22F2N2O4/c1-6-25-16(23)13-11(4)22(5)18(24)21-14(13)12-7-9(2)15(10(3)8-12)26-17(19)20/h7-8,14,17H,6H2,1-5H3,(H,21,24)/t14-/m0/s1. The van der Waals surface area contributed by atoms with Crippen LogP contribution in [0.25, 0.3) is 0 Å². The van der Waals surface area contributed by atoms with Crippen molar-refractivity contribution in [2.45, 2.75) is 40.3 Å². The van der Waals surface area contributed by atoms with Gasteiger partial charge in [0.2, 0.25) is 0 Å². The fourth-order valence-electron chi connectivity index (χ4n) is 2.98. The van der Waals surface area contributed by atoms with E-state index in [0.29, 0.717) is 28.0 Å². The zero-order valence-corrected chi connectivity index (χ0v) is 15.4. The van der Waals surface area contributed by atoms with E-state index in [0.717, 1.165) is 0 Å². The molecule has 1 N–H and O–H groups in total. The maximum Gasteiger partial charge on any atom is 0.387 e. The summed E-state index contributed by atoms with van der Waals surface area (Å²) >= 11 is 0. The Kier molecular flexibility index (Phi) is 5.84. The van der Waals surface area contributed by atoms with Crippen LogP contribution in [0.4, 0.5) is 13.6 Å². The van der Waals surface area contributed by atoms with Crippen LogP contribution in [0.15, 0.2) is 23.4 Å². The number of amides is 2. The smallest absolute Gasteiger partial charge is 0.387 e. The van der Waals surface area contributed by atoms with Gasteiger partial charge in [0.1, 0.15) is 5.75 Å². The number of halogens is 2. The average molecular weight is 368 g/mol. The number of alkyl halides is 2. The van der Waals surface area contributed by atoms with Crippen molar-refractivity contribution < 1.29 is 27.8 Å². The molecule has 2 amide bonds. The number of aryl methyl sites for hydroxylation is 2. The van der Waals surface area contributed by atoms with E-state index in [-0.39, 0.29) is 18.4 Å². The lowest BCUT2D eigenvalue weighted by Crippen LogP contribution is -2.46. The fraction of sp³-hybridized carbons (Fsp3) is 0.444. The molecule has 1 aliphatic heterocycles. The molecule has 1 heterocycles. The lowest BCUT2D eigenvalue weighted by atomic mass is 9.92. The van der Waals surface area contributed by atoms with Crippen LogP contribution in [-0.4, -0.2) is 37.2 Å². The van der Waals surface area contributed by atoms with Gasteiger partial charge < -0.3 is 19.7 Å². The molecule has 0 bridgehead atoms. The monoisotopic (exact) mass is 368 g/mol. The summed E-state index contributed by atoms with van der Waals surface area (Å²) in [6.07, 6.45) is 0. The van der Waals surface area contributed by atoms with E-state index in [9.17, 15) is 18.4 Å². The van der Waals surface area contributed by atoms with Crippen LogP contribution < -0.4 is 10.1 Å². The Hall–Kier alpha value is -2.64. The zero-order chi connectivity index (χ0) is 19.6. The van der Waals surface area contributed by atoms with Gasteiger partial charge in [-0.2, -0.15) is 8.78 Å². The van der Waals surface area contributed by atoms with Gasteiger partial charge in [-0.05, 0) is 56.5 Å². The van der Waals surface area contributed by atoms with Crippen molar-refractivity contribution in [3.8, 4) is 5.75 Å². The second-order valence-corrected chi connectivity index (χ2v) is 6.02. The van der Waals surface area contributed by atoms with Gasteiger partial charge in [0, 0.05) is 12.7 Å². The molecule has 1 atom stereocenters. The summed E-state index contributed by atoms with van der Waals surface area (Å²) in [6.45, 7) is 3.87. The first kappa shape index (κ1) is 19.7. The normalized spacial score (nSPS) is 17.5. The van der Waals surface area contributed by atoms with Crippen LogP contribution in [0.5, 0.6) is 5.75 Å². The van der Waals surface area contributed by atoms with Crippen molar-refractivity contribution in [3.63, 3.8) is 0 Å². The summed E-state index contributed by atoms with van der Waals surface area (Å²) < 4.78 is 34.8. The molecule has 0 saturated carbocycles. The maximum absolute atomic E-state index is 12.6. The molecule has 0 fully saturated rings. The quantitative estimate of drug-likeness (QED) is 0.809. The summed E-state index contributed by atoms with van der Waals surface area (Å²) in [5, 5.41) is 2.76. The minimum Gasteiger partial charge on any atom is -0.463 e. The van der Waals surface area contributed by atoms with E-state index in [4.69, 9.17) is 4.74 Å². The molecule has 1 aliphatic rings. The number of esters is 1. The molecule has 0 aliphatic carbocycles. The van der Waals surface area contributed by atoms with Crippen molar-refractivity contribution in [2.24, 2.45) is 0 Å². The van der Waals surface area contributed by atoms with E-state index >= 15 is 0 Å². The topological polar surface area (TPSA) is 67.9 Å². The first-order chi connectivity index (χ1) is 12.2. The van der Waals surface area contributed by atoms with Crippen LogP contribution in [0.2, 0.25) is 0 Å². The van der Waals surface area contributed by atoms with E-state index < -0.39 is 18.6 Å². The molecule has 1 aromatic rings. The first-order valence-electron chi connectivity index (χ1n) is 8.15. The molecule has 142 valence electrons. The van der Waals surface area contributed by atoms with Crippen molar-refractivity contribution >= 4 is 12.0 Å². The number of nitrogens with zero attached hydrogens (tertiary/aromatic N) is 1. The van der Waals surface area contributed by atoms with Crippen molar-refractivity contribution in [3.05, 3.63) is 40.1 Å². The van der Waals surface area contributed by atoms with Crippen molar-refractivity contribution in [2.75, 3.05) is 13.7 Å². The number of carbonyl (C=O) groups is 2. The maximum atomic E-state index is 12.6. The van der Waals surface area contributed by atoms with E-state index in [2.05, 4.69) is 10.1 Å². The van der Waals surface area contributed by atoms with Crippen LogP contribution in [-0.2, 0) is 9.53 Å². The molecule has 2 rings (SSSR count). The Morgan fingerprint density at radius 3 is 2.35 bits per heavy atom. The molecular formula is C18H22F2N2O4. The molecule has 0 aromatic heterocycles. The van der Waals surface area contributed by atoms with E-state index in [1.54, 1.807) is 46.9 Å². The summed E-state index contributed by atoms with van der Waals surface area (Å²) in [6, 6.07) is 2.13. The number of hydrogen-bond donors (Lipinski definition) is 1. The number of allylic oxidation sites excluding steroid dienone is 1. The molecule has 8 heteroatoms. The molecular weight excluding hydrogens is 346 g/mol. The SMILES string of the molecule is CCOC(=O)C1=C(C)N(C)C(=O)N[C@H]1c1cc(C)c(OC(F)F)c(C)c1. The third-order valence-electron chi connectivity index (χ3n) is 4.27. The predicted octanol–water partition coefficient (Wildman–Crippen LogP) is 3.44. The number of ether oxygens (including phenoxy) is 2. The van der Waals surface area contributed by atoms with Gasteiger partial charge in [-0.25, -0.2) is 9.59 Å². The predicted molar refractivity (Wildman–Crippen MR) is 90.9 cm³/mol. The molecule has 6 nitrogen and oxygen atoms in total. The van der Waals surface area contributed by atoms with Gasteiger partial charge in [-0.15, -0.1) is 0 Å². The van der Waals surface area contributed by atoms with Gasteiger partial charge in [0.05, 0.1) is 18.2 Å². The number of benzene rings is 1. The highest BCUT2D eigenvalue weighted by molar-refractivity contribution is 5.95. The van der Waals surface area contributed by atoms with Crippen molar-refractivity contribution in [1.82, 2.24) is 10.2 Å².